The predicted octanol–water partition coefficient (Wildman–Crippen LogP) is -2.74. The Balaban J connectivity index is -0.0000000103. The molecule has 0 aromatic rings. The van der Waals surface area contributed by atoms with Crippen LogP contribution in [0.3, 0.4) is 0 Å². The van der Waals surface area contributed by atoms with Crippen LogP contribution in [0, 0.1) is 0 Å². The monoisotopic (exact) mass is 362 g/mol. The molecule has 0 aliphatic heterocycles. The molecular weight excluding hydrogens is 316 g/mol. The Hall–Kier alpha value is -0.400. The Kier molecular flexibility index (Phi) is 3920. The number of aliphatic hydroxyl groups excluding tert-OH is 10. The van der Waals surface area contributed by atoms with E-state index in [1.165, 1.54) is 0 Å². The van der Waals surface area contributed by atoms with Crippen LogP contribution in [0.15, 0.2) is 0 Å². The van der Waals surface area contributed by atoms with Crippen LogP contribution in [0.5, 0.6) is 0 Å². The summed E-state index contributed by atoms with van der Waals surface area (Å²) >= 11 is 0. The molecule has 0 fully saturated rings. The molecule has 0 unspecified atom stereocenters. The maximum absolute atomic E-state index is 7.57. The summed E-state index contributed by atoms with van der Waals surface area (Å²) in [4.78, 5) is 0. The molecule has 0 saturated carbocycles. The molecule has 0 spiro atoms. The first kappa shape index (κ1) is 66.4. The second kappa shape index (κ2) is 1360. The zero-order chi connectivity index (χ0) is 22.1. The van der Waals surface area contributed by atoms with E-state index in [9.17, 15) is 0 Å². The van der Waals surface area contributed by atoms with Crippen LogP contribution in [0.25, 0.3) is 0 Å². The van der Waals surface area contributed by atoms with Gasteiger partial charge >= 0.3 is 0 Å². The van der Waals surface area contributed by atoms with Crippen LogP contribution in [0.1, 0.15) is 20.8 Å². The van der Waals surface area contributed by atoms with Gasteiger partial charge in [0.1, 0.15) is 0 Å². The summed E-state index contributed by atoms with van der Waals surface area (Å²) < 4.78 is 0. The first-order valence-electron chi connectivity index (χ1n) is 6.20. The largest absolute Gasteiger partial charge is 0.400 e. The highest BCUT2D eigenvalue weighted by Crippen LogP contribution is 1.30. The quantitative estimate of drug-likeness (QED) is 0.215. The summed E-state index contributed by atoms with van der Waals surface area (Å²) in [6, 6.07) is 0. The molecule has 0 aromatic carbocycles. The lowest BCUT2D eigenvalue weighted by Crippen LogP contribution is -1.57. The smallest absolute Gasteiger partial charge is 0.0402 e. The zero-order valence-electron chi connectivity index (χ0n) is 16.6. The van der Waals surface area contributed by atoms with Gasteiger partial charge in [0.05, 0.1) is 0 Å². The van der Waals surface area contributed by atoms with Crippen molar-refractivity contribution in [3.63, 3.8) is 0 Å². The number of rotatable bonds is 0. The summed E-state index contributed by atoms with van der Waals surface area (Å²) in [6.45, 7) is 5.79. The van der Waals surface area contributed by atoms with Gasteiger partial charge in [-0.3, -0.25) is 0 Å². The van der Waals surface area contributed by atoms with E-state index in [0.29, 0.717) is 0 Å². The summed E-state index contributed by atoms with van der Waals surface area (Å²) in [5.41, 5.74) is 0. The molecule has 10 heteroatoms. The van der Waals surface area contributed by atoms with Gasteiger partial charge in [-0.1, -0.05) is 0 Å². The van der Waals surface area contributed by atoms with Crippen molar-refractivity contribution < 1.29 is 51.1 Å². The first-order chi connectivity index (χ1) is 11.2. The van der Waals surface area contributed by atoms with Crippen molar-refractivity contribution in [2.75, 3.05) is 69.6 Å². The van der Waals surface area contributed by atoms with Crippen molar-refractivity contribution in [1.82, 2.24) is 0 Å². The molecule has 0 aliphatic carbocycles. The average molecular weight is 363 g/mol. The van der Waals surface area contributed by atoms with Crippen molar-refractivity contribution in [2.45, 2.75) is 20.8 Å². The highest BCUT2D eigenvalue weighted by Gasteiger charge is 1.35. The Morgan fingerprint density at radius 3 is 0.304 bits per heavy atom. The van der Waals surface area contributed by atoms with Gasteiger partial charge in [0.15, 0.2) is 0 Å². The lowest BCUT2D eigenvalue weighted by atomic mass is 10.9. The second-order valence-electron chi connectivity index (χ2n) is 0.949. The minimum absolute atomic E-state index is 0.250. The molecule has 0 bridgehead atoms. The normalized spacial score (nSPS) is 4.17. The standard InChI is InChI=1S/3C2H6O.7CH4O/c3*1-2-3;7*1-2/h3*3H,2H2,1H3;7*2H,1H3. The van der Waals surface area contributed by atoms with E-state index in [1.54, 1.807) is 20.8 Å². The minimum Gasteiger partial charge on any atom is -0.400 e. The Bertz CT molecular complexity index is 27.5. The zero-order valence-corrected chi connectivity index (χ0v) is 16.6. The molecule has 10 N–H and O–H groups in total. The molecule has 0 heterocycles. The van der Waals surface area contributed by atoms with Gasteiger partial charge in [-0.25, -0.2) is 0 Å². The van der Waals surface area contributed by atoms with E-state index in [1.807, 2.05) is 0 Å². The molecule has 0 radical (unpaired) electrons. The molecule has 158 valence electrons. The van der Waals surface area contributed by atoms with E-state index in [0.717, 1.165) is 49.8 Å². The molecule has 0 atom stereocenters. The van der Waals surface area contributed by atoms with Gasteiger partial charge in [-0.15, -0.1) is 0 Å². The molecule has 23 heavy (non-hydrogen) atoms. The molecule has 0 aliphatic rings. The van der Waals surface area contributed by atoms with Gasteiger partial charge in [0.25, 0.3) is 0 Å². The fourth-order valence-electron chi connectivity index (χ4n) is 0. The fraction of sp³-hybridized carbons (Fsp3) is 1.00. The third kappa shape index (κ3) is 51900. The van der Waals surface area contributed by atoms with Gasteiger partial charge in [-0.2, -0.15) is 0 Å². The lowest BCUT2D eigenvalue weighted by molar-refractivity contribution is 0.318. The summed E-state index contributed by atoms with van der Waals surface area (Å²) in [5, 5.41) is 71.7. The molecule has 0 amide bonds. The van der Waals surface area contributed by atoms with E-state index in [4.69, 9.17) is 51.1 Å². The summed E-state index contributed by atoms with van der Waals surface area (Å²) in [5.74, 6) is 0. The molecule has 0 rings (SSSR count). The van der Waals surface area contributed by atoms with Gasteiger partial charge in [0, 0.05) is 69.6 Å². The minimum atomic E-state index is 0.250. The molecule has 0 aromatic heterocycles. The lowest BCUT2D eigenvalue weighted by Gasteiger charge is -1.52. The predicted molar refractivity (Wildman–Crippen MR) is 95.3 cm³/mol. The maximum atomic E-state index is 7.57. The Morgan fingerprint density at radius 2 is 0.304 bits per heavy atom. The Morgan fingerprint density at radius 1 is 0.304 bits per heavy atom. The van der Waals surface area contributed by atoms with Crippen LogP contribution in [-0.4, -0.2) is 121 Å². The van der Waals surface area contributed by atoms with Crippen molar-refractivity contribution in [1.29, 1.82) is 0 Å². The SMILES string of the molecule is CCO.CCO.CCO.CO.CO.CO.CO.CO.CO.CO. The van der Waals surface area contributed by atoms with Crippen LogP contribution >= 0.6 is 0 Å². The maximum Gasteiger partial charge on any atom is 0.0402 e. The Labute approximate surface area is 142 Å². The van der Waals surface area contributed by atoms with Crippen molar-refractivity contribution in [2.24, 2.45) is 0 Å². The van der Waals surface area contributed by atoms with Crippen LogP contribution in [-0.2, 0) is 0 Å². The number of hydrogen-bond acceptors (Lipinski definition) is 10. The van der Waals surface area contributed by atoms with Crippen LogP contribution < -0.4 is 0 Å². The van der Waals surface area contributed by atoms with Gasteiger partial charge in [-0.05, 0) is 20.8 Å². The number of hydrogen-bond donors (Lipinski definition) is 10. The number of aliphatic hydroxyl groups is 10. The molecule has 0 saturated heterocycles. The third-order valence-corrected chi connectivity index (χ3v) is 0. The third-order valence-electron chi connectivity index (χ3n) is 0. The van der Waals surface area contributed by atoms with Crippen molar-refractivity contribution in [3.8, 4) is 0 Å². The summed E-state index contributed by atoms with van der Waals surface area (Å²) in [7, 11) is 7.00. The fourth-order valence-corrected chi connectivity index (χ4v) is 0. The summed E-state index contributed by atoms with van der Waals surface area (Å²) in [6.07, 6.45) is 0. The van der Waals surface area contributed by atoms with E-state index < -0.39 is 0 Å². The van der Waals surface area contributed by atoms with E-state index in [2.05, 4.69) is 0 Å². The van der Waals surface area contributed by atoms with Crippen molar-refractivity contribution >= 4 is 0 Å². The van der Waals surface area contributed by atoms with Crippen molar-refractivity contribution in [3.05, 3.63) is 0 Å². The van der Waals surface area contributed by atoms with E-state index >= 15 is 0 Å². The average Bonchev–Trinajstić information content (AvgIpc) is 2.68. The van der Waals surface area contributed by atoms with Gasteiger partial charge < -0.3 is 51.1 Å². The highest BCUT2D eigenvalue weighted by molar-refractivity contribution is 3.84. The topological polar surface area (TPSA) is 202 Å². The van der Waals surface area contributed by atoms with Gasteiger partial charge in [0.2, 0.25) is 0 Å². The first-order valence-corrected chi connectivity index (χ1v) is 6.20. The van der Waals surface area contributed by atoms with Crippen LogP contribution in [0.4, 0.5) is 0 Å². The second-order valence-corrected chi connectivity index (χ2v) is 0.949. The highest BCUT2D eigenvalue weighted by atomic mass is 16.3. The molecular formula is C13H46O10. The molecule has 10 nitrogen and oxygen atoms in total. The van der Waals surface area contributed by atoms with E-state index in [-0.39, 0.29) is 19.8 Å². The van der Waals surface area contributed by atoms with Crippen LogP contribution in [0.2, 0.25) is 0 Å².